The highest BCUT2D eigenvalue weighted by molar-refractivity contribution is 6.00. The van der Waals surface area contributed by atoms with Gasteiger partial charge in [0.05, 0.1) is 11.7 Å². The van der Waals surface area contributed by atoms with Gasteiger partial charge in [-0.2, -0.15) is 5.10 Å². The Labute approximate surface area is 228 Å². The summed E-state index contributed by atoms with van der Waals surface area (Å²) in [5.41, 5.74) is 1.15. The van der Waals surface area contributed by atoms with Gasteiger partial charge in [0.1, 0.15) is 12.1 Å². The first-order valence-electron chi connectivity index (χ1n) is 13.4. The van der Waals surface area contributed by atoms with Crippen LogP contribution >= 0.6 is 0 Å². The van der Waals surface area contributed by atoms with E-state index in [0.717, 1.165) is 24.2 Å². The minimum Gasteiger partial charge on any atom is -0.470 e. The van der Waals surface area contributed by atoms with E-state index < -0.39 is 5.60 Å². The molecule has 1 aliphatic heterocycles. The maximum Gasteiger partial charge on any atom is 0.324 e. The molecular weight excluding hydrogens is 496 g/mol. The summed E-state index contributed by atoms with van der Waals surface area (Å²) in [6.45, 7) is 9.74. The van der Waals surface area contributed by atoms with Crippen LogP contribution in [0.4, 0.5) is 33.6 Å². The molecule has 2 aromatic heterocycles. The number of amides is 3. The second-order valence-corrected chi connectivity index (χ2v) is 11.6. The first-order chi connectivity index (χ1) is 18.5. The van der Waals surface area contributed by atoms with Gasteiger partial charge in [0.15, 0.2) is 17.2 Å². The van der Waals surface area contributed by atoms with Crippen LogP contribution in [0.2, 0.25) is 0 Å². The third-order valence-corrected chi connectivity index (χ3v) is 7.01. The second kappa shape index (κ2) is 10.2. The largest absolute Gasteiger partial charge is 0.470 e. The van der Waals surface area contributed by atoms with E-state index in [2.05, 4.69) is 52.0 Å². The van der Waals surface area contributed by atoms with E-state index in [1.165, 1.54) is 25.6 Å². The fourth-order valence-electron chi connectivity index (χ4n) is 4.72. The Morgan fingerprint density at radius 2 is 1.74 bits per heavy atom. The summed E-state index contributed by atoms with van der Waals surface area (Å²) in [5.74, 6) is 1.55. The number of fused-ring (bicyclic) bond motifs is 1. The van der Waals surface area contributed by atoms with Crippen LogP contribution in [0.15, 0.2) is 36.7 Å². The molecule has 1 saturated carbocycles. The third kappa shape index (κ3) is 5.81. The van der Waals surface area contributed by atoms with E-state index >= 15 is 0 Å². The standard InChI is InChI=1S/C28H36N8O3/c1-27(2,3)20-15-21(36(35-20)19-9-7-6-8-10-19)33-26(38)32-18-13-11-17(12-14-18)31-23-22-24(30-16-29-23)34-25(37)28(4,5)39-22/h11-16,19H,6-10H2,1-5H3,(H2,32,33,38)(H2,29,30,31,34,37). The molecule has 0 saturated heterocycles. The summed E-state index contributed by atoms with van der Waals surface area (Å²) in [7, 11) is 0. The molecule has 0 atom stereocenters. The number of hydrogen-bond donors (Lipinski definition) is 4. The number of anilines is 5. The number of carbonyl (C=O) groups is 2. The van der Waals surface area contributed by atoms with Crippen molar-refractivity contribution in [1.29, 1.82) is 0 Å². The molecule has 4 N–H and O–H groups in total. The summed E-state index contributed by atoms with van der Waals surface area (Å²) < 4.78 is 7.87. The topological polar surface area (TPSA) is 135 Å². The highest BCUT2D eigenvalue weighted by Crippen LogP contribution is 2.38. The van der Waals surface area contributed by atoms with E-state index in [-0.39, 0.29) is 17.4 Å². The smallest absolute Gasteiger partial charge is 0.324 e. The SMILES string of the molecule is CC1(C)Oc2c(ncnc2Nc2ccc(NC(=O)Nc3cc(C(C)(C)C)nn3C3CCCCC3)cc2)NC1=O. The van der Waals surface area contributed by atoms with Crippen molar-refractivity contribution in [3.63, 3.8) is 0 Å². The quantitative estimate of drug-likeness (QED) is 0.318. The van der Waals surface area contributed by atoms with Gasteiger partial charge >= 0.3 is 6.03 Å². The Bertz CT molecular complexity index is 1370. The maximum atomic E-state index is 13.0. The number of urea groups is 1. The molecule has 3 heterocycles. The lowest BCUT2D eigenvalue weighted by Crippen LogP contribution is -2.46. The van der Waals surface area contributed by atoms with E-state index in [1.54, 1.807) is 26.0 Å². The predicted molar refractivity (Wildman–Crippen MR) is 151 cm³/mol. The highest BCUT2D eigenvalue weighted by atomic mass is 16.5. The zero-order chi connectivity index (χ0) is 27.8. The van der Waals surface area contributed by atoms with Crippen molar-refractivity contribution < 1.29 is 14.3 Å². The number of ether oxygens (including phenoxy) is 1. The van der Waals surface area contributed by atoms with Crippen molar-refractivity contribution in [2.45, 2.75) is 83.8 Å². The average Bonchev–Trinajstić information content (AvgIpc) is 3.31. The molecule has 0 unspecified atom stereocenters. The molecule has 39 heavy (non-hydrogen) atoms. The van der Waals surface area contributed by atoms with Gasteiger partial charge in [0.2, 0.25) is 5.75 Å². The van der Waals surface area contributed by atoms with Gasteiger partial charge < -0.3 is 20.7 Å². The minimum atomic E-state index is -1.05. The van der Waals surface area contributed by atoms with Gasteiger partial charge in [-0.1, -0.05) is 40.0 Å². The summed E-state index contributed by atoms with van der Waals surface area (Å²) in [5, 5.41) is 16.8. The van der Waals surface area contributed by atoms with Crippen LogP contribution in [0.3, 0.4) is 0 Å². The molecular formula is C28H36N8O3. The summed E-state index contributed by atoms with van der Waals surface area (Å²) in [4.78, 5) is 33.5. The van der Waals surface area contributed by atoms with Crippen molar-refractivity contribution >= 4 is 40.8 Å². The lowest BCUT2D eigenvalue weighted by Gasteiger charge is -2.31. The number of nitrogens with one attached hydrogen (secondary N) is 4. The second-order valence-electron chi connectivity index (χ2n) is 11.6. The van der Waals surface area contributed by atoms with Gasteiger partial charge in [-0.25, -0.2) is 19.4 Å². The van der Waals surface area contributed by atoms with Gasteiger partial charge in [-0.15, -0.1) is 0 Å². The van der Waals surface area contributed by atoms with Crippen molar-refractivity contribution in [3.8, 4) is 5.75 Å². The number of hydrogen-bond acceptors (Lipinski definition) is 7. The minimum absolute atomic E-state index is 0.120. The Hall–Kier alpha value is -4.15. The van der Waals surface area contributed by atoms with Crippen LogP contribution in [0.25, 0.3) is 0 Å². The molecule has 3 aromatic rings. The van der Waals surface area contributed by atoms with Gasteiger partial charge in [-0.05, 0) is 51.0 Å². The van der Waals surface area contributed by atoms with Gasteiger partial charge in [0.25, 0.3) is 5.91 Å². The van der Waals surface area contributed by atoms with Crippen molar-refractivity contribution in [2.24, 2.45) is 0 Å². The third-order valence-electron chi connectivity index (χ3n) is 7.01. The van der Waals surface area contributed by atoms with E-state index in [1.807, 2.05) is 22.9 Å². The summed E-state index contributed by atoms with van der Waals surface area (Å²) >= 11 is 0. The number of aromatic nitrogens is 4. The normalized spacial score (nSPS) is 17.0. The number of carbonyl (C=O) groups excluding carboxylic acids is 2. The summed E-state index contributed by atoms with van der Waals surface area (Å²) in [6.07, 6.45) is 7.10. The Kier molecular flexibility index (Phi) is 6.92. The first-order valence-corrected chi connectivity index (χ1v) is 13.4. The molecule has 2 aliphatic rings. The number of benzene rings is 1. The zero-order valence-corrected chi connectivity index (χ0v) is 23.1. The molecule has 1 aromatic carbocycles. The van der Waals surface area contributed by atoms with Crippen LogP contribution < -0.4 is 26.0 Å². The van der Waals surface area contributed by atoms with E-state index in [9.17, 15) is 9.59 Å². The van der Waals surface area contributed by atoms with Gasteiger partial charge in [-0.3, -0.25) is 10.1 Å². The molecule has 1 fully saturated rings. The van der Waals surface area contributed by atoms with Crippen molar-refractivity contribution in [2.75, 3.05) is 21.3 Å². The van der Waals surface area contributed by atoms with Crippen molar-refractivity contribution in [1.82, 2.24) is 19.7 Å². The lowest BCUT2D eigenvalue weighted by molar-refractivity contribution is -0.129. The number of nitrogens with zero attached hydrogens (tertiary/aromatic N) is 4. The fraction of sp³-hybridized carbons (Fsp3) is 0.464. The fourth-order valence-corrected chi connectivity index (χ4v) is 4.72. The van der Waals surface area contributed by atoms with Crippen LogP contribution in [-0.2, 0) is 10.2 Å². The first kappa shape index (κ1) is 26.5. The number of rotatable bonds is 5. The van der Waals surface area contributed by atoms with Crippen LogP contribution in [0.1, 0.15) is 78.5 Å². The molecule has 1 aliphatic carbocycles. The average molecular weight is 533 g/mol. The molecule has 3 amide bonds. The Morgan fingerprint density at radius 1 is 1.05 bits per heavy atom. The molecule has 0 bridgehead atoms. The highest BCUT2D eigenvalue weighted by Gasteiger charge is 2.37. The zero-order valence-electron chi connectivity index (χ0n) is 23.1. The molecule has 206 valence electrons. The lowest BCUT2D eigenvalue weighted by atomic mass is 9.92. The summed E-state index contributed by atoms with van der Waals surface area (Å²) in [6, 6.07) is 9.18. The van der Waals surface area contributed by atoms with E-state index in [0.29, 0.717) is 34.9 Å². The molecule has 0 spiro atoms. The van der Waals surface area contributed by atoms with Crippen LogP contribution in [-0.4, -0.2) is 37.3 Å². The van der Waals surface area contributed by atoms with Crippen LogP contribution in [0.5, 0.6) is 5.75 Å². The maximum absolute atomic E-state index is 13.0. The van der Waals surface area contributed by atoms with E-state index in [4.69, 9.17) is 9.84 Å². The molecule has 0 radical (unpaired) electrons. The van der Waals surface area contributed by atoms with Crippen molar-refractivity contribution in [3.05, 3.63) is 42.4 Å². The Morgan fingerprint density at radius 3 is 2.44 bits per heavy atom. The monoisotopic (exact) mass is 532 g/mol. The Balaban J connectivity index is 1.27. The van der Waals surface area contributed by atoms with Gasteiger partial charge in [0, 0.05) is 22.9 Å². The predicted octanol–water partition coefficient (Wildman–Crippen LogP) is 5.97. The molecule has 5 rings (SSSR count). The molecule has 11 nitrogen and oxygen atoms in total. The molecule has 11 heteroatoms. The van der Waals surface area contributed by atoms with Crippen LogP contribution in [0, 0.1) is 0 Å².